The minimum Gasteiger partial charge on any atom is -0.314 e. The minimum absolute atomic E-state index is 0.622. The van der Waals surface area contributed by atoms with Crippen LogP contribution in [0.5, 0.6) is 0 Å². The lowest BCUT2D eigenvalue weighted by molar-refractivity contribution is 0.177. The average molecular weight is 244 g/mol. The zero-order valence-electron chi connectivity index (χ0n) is 11.5. The Morgan fingerprint density at radius 2 is 2.11 bits per heavy atom. The molecule has 98 valence electrons. The van der Waals surface area contributed by atoms with Gasteiger partial charge in [-0.25, -0.2) is 0 Å². The van der Waals surface area contributed by atoms with Gasteiger partial charge in [0.2, 0.25) is 0 Å². The summed E-state index contributed by atoms with van der Waals surface area (Å²) in [4.78, 5) is 2.59. The normalized spacial score (nSPS) is 20.7. The van der Waals surface area contributed by atoms with E-state index in [-0.39, 0.29) is 0 Å². The number of rotatable bonds is 4. The molecule has 1 heterocycles. The molecule has 0 radical (unpaired) electrons. The van der Waals surface area contributed by atoms with Crippen LogP contribution in [-0.2, 0) is 6.42 Å². The highest BCUT2D eigenvalue weighted by Gasteiger charge is 2.21. The summed E-state index contributed by atoms with van der Waals surface area (Å²) in [6, 6.07) is 11.4. The van der Waals surface area contributed by atoms with Gasteiger partial charge in [0.1, 0.15) is 0 Å². The summed E-state index contributed by atoms with van der Waals surface area (Å²) in [5.41, 5.74) is 2.85. The first-order valence-corrected chi connectivity index (χ1v) is 6.88. The fourth-order valence-corrected chi connectivity index (χ4v) is 2.43. The van der Waals surface area contributed by atoms with E-state index in [1.165, 1.54) is 11.1 Å². The van der Waals surface area contributed by atoms with Gasteiger partial charge in [0.25, 0.3) is 0 Å². The van der Waals surface area contributed by atoms with E-state index in [1.807, 2.05) is 0 Å². The summed E-state index contributed by atoms with van der Waals surface area (Å²) in [6.07, 6.45) is 3.48. The van der Waals surface area contributed by atoms with Gasteiger partial charge in [-0.15, -0.1) is 0 Å². The van der Waals surface area contributed by atoms with E-state index in [2.05, 4.69) is 60.5 Å². The third-order valence-electron chi connectivity index (χ3n) is 3.52. The third-order valence-corrected chi connectivity index (χ3v) is 3.52. The van der Waals surface area contributed by atoms with Crippen LogP contribution in [0.15, 0.2) is 42.0 Å². The molecule has 1 aliphatic heterocycles. The molecule has 1 atom stereocenters. The van der Waals surface area contributed by atoms with E-state index in [0.717, 1.165) is 32.6 Å². The van der Waals surface area contributed by atoms with Crippen LogP contribution in [-0.4, -0.2) is 37.1 Å². The van der Waals surface area contributed by atoms with Crippen LogP contribution in [0.3, 0.4) is 0 Å². The second-order valence-corrected chi connectivity index (χ2v) is 5.32. The Morgan fingerprint density at radius 3 is 2.83 bits per heavy atom. The molecular formula is C16H24N2. The second-order valence-electron chi connectivity index (χ2n) is 5.32. The SMILES string of the molecule is CC(C)=CCN1CCNCC1Cc1ccccc1. The maximum Gasteiger partial charge on any atom is 0.0264 e. The van der Waals surface area contributed by atoms with Crippen LogP contribution in [0.25, 0.3) is 0 Å². The van der Waals surface area contributed by atoms with Crippen molar-refractivity contribution in [1.29, 1.82) is 0 Å². The monoisotopic (exact) mass is 244 g/mol. The van der Waals surface area contributed by atoms with Crippen molar-refractivity contribution in [2.75, 3.05) is 26.2 Å². The van der Waals surface area contributed by atoms with E-state index < -0.39 is 0 Å². The van der Waals surface area contributed by atoms with Gasteiger partial charge in [-0.2, -0.15) is 0 Å². The highest BCUT2D eigenvalue weighted by molar-refractivity contribution is 5.16. The number of allylic oxidation sites excluding steroid dienone is 1. The molecular weight excluding hydrogens is 220 g/mol. The lowest BCUT2D eigenvalue weighted by atomic mass is 10.0. The van der Waals surface area contributed by atoms with Gasteiger partial charge in [-0.3, -0.25) is 4.90 Å². The molecule has 1 aromatic rings. The predicted octanol–water partition coefficient (Wildman–Crippen LogP) is 2.47. The summed E-state index contributed by atoms with van der Waals surface area (Å²) >= 11 is 0. The molecule has 1 fully saturated rings. The fraction of sp³-hybridized carbons (Fsp3) is 0.500. The Balaban J connectivity index is 1.97. The van der Waals surface area contributed by atoms with Gasteiger partial charge in [-0.1, -0.05) is 42.0 Å². The van der Waals surface area contributed by atoms with Crippen molar-refractivity contribution in [2.24, 2.45) is 0 Å². The van der Waals surface area contributed by atoms with E-state index in [0.29, 0.717) is 6.04 Å². The molecule has 0 aromatic heterocycles. The molecule has 0 aliphatic carbocycles. The van der Waals surface area contributed by atoms with Crippen molar-refractivity contribution in [3.05, 3.63) is 47.5 Å². The summed E-state index contributed by atoms with van der Waals surface area (Å²) in [5, 5.41) is 3.51. The summed E-state index contributed by atoms with van der Waals surface area (Å²) in [6.45, 7) is 8.80. The Bertz CT molecular complexity index is 379. The molecule has 0 spiro atoms. The highest BCUT2D eigenvalue weighted by atomic mass is 15.2. The summed E-state index contributed by atoms with van der Waals surface area (Å²) < 4.78 is 0. The lowest BCUT2D eigenvalue weighted by Crippen LogP contribution is -2.52. The van der Waals surface area contributed by atoms with Gasteiger partial charge in [-0.05, 0) is 25.8 Å². The topological polar surface area (TPSA) is 15.3 Å². The van der Waals surface area contributed by atoms with Crippen LogP contribution < -0.4 is 5.32 Å². The van der Waals surface area contributed by atoms with E-state index in [1.54, 1.807) is 0 Å². The minimum atomic E-state index is 0.622. The van der Waals surface area contributed by atoms with E-state index in [4.69, 9.17) is 0 Å². The largest absolute Gasteiger partial charge is 0.314 e. The smallest absolute Gasteiger partial charge is 0.0264 e. The van der Waals surface area contributed by atoms with Gasteiger partial charge in [0.05, 0.1) is 0 Å². The Hall–Kier alpha value is -1.12. The zero-order valence-corrected chi connectivity index (χ0v) is 11.5. The molecule has 2 rings (SSSR count). The van der Waals surface area contributed by atoms with Crippen LogP contribution in [0.2, 0.25) is 0 Å². The maximum atomic E-state index is 3.51. The van der Waals surface area contributed by atoms with Crippen molar-refractivity contribution in [3.8, 4) is 0 Å². The Kier molecular flexibility index (Phi) is 4.97. The van der Waals surface area contributed by atoms with Gasteiger partial charge in [0.15, 0.2) is 0 Å². The molecule has 1 aromatic carbocycles. The van der Waals surface area contributed by atoms with Gasteiger partial charge in [0, 0.05) is 32.2 Å². The third kappa shape index (κ3) is 3.97. The molecule has 1 N–H and O–H groups in total. The first-order chi connectivity index (χ1) is 8.75. The van der Waals surface area contributed by atoms with Crippen LogP contribution in [0, 0.1) is 0 Å². The maximum absolute atomic E-state index is 3.51. The number of hydrogen-bond acceptors (Lipinski definition) is 2. The lowest BCUT2D eigenvalue weighted by Gasteiger charge is -2.35. The van der Waals surface area contributed by atoms with Crippen molar-refractivity contribution in [2.45, 2.75) is 26.3 Å². The molecule has 18 heavy (non-hydrogen) atoms. The average Bonchev–Trinajstić information content (AvgIpc) is 2.39. The molecule has 2 heteroatoms. The quantitative estimate of drug-likeness (QED) is 0.819. The number of piperazine rings is 1. The van der Waals surface area contributed by atoms with Crippen LogP contribution in [0.1, 0.15) is 19.4 Å². The number of benzene rings is 1. The zero-order chi connectivity index (χ0) is 12.8. The van der Waals surface area contributed by atoms with Crippen molar-refractivity contribution in [3.63, 3.8) is 0 Å². The molecule has 1 aliphatic rings. The number of nitrogens with zero attached hydrogens (tertiary/aromatic N) is 1. The van der Waals surface area contributed by atoms with E-state index in [9.17, 15) is 0 Å². The fourth-order valence-electron chi connectivity index (χ4n) is 2.43. The Labute approximate surface area is 111 Å². The second kappa shape index (κ2) is 6.72. The van der Waals surface area contributed by atoms with Crippen molar-refractivity contribution in [1.82, 2.24) is 10.2 Å². The molecule has 0 bridgehead atoms. The summed E-state index contributed by atoms with van der Waals surface area (Å²) in [5.74, 6) is 0. The predicted molar refractivity (Wildman–Crippen MR) is 77.8 cm³/mol. The van der Waals surface area contributed by atoms with Crippen molar-refractivity contribution < 1.29 is 0 Å². The number of hydrogen-bond donors (Lipinski definition) is 1. The van der Waals surface area contributed by atoms with Crippen molar-refractivity contribution >= 4 is 0 Å². The Morgan fingerprint density at radius 1 is 1.33 bits per heavy atom. The highest BCUT2D eigenvalue weighted by Crippen LogP contribution is 2.11. The first-order valence-electron chi connectivity index (χ1n) is 6.88. The number of nitrogens with one attached hydrogen (secondary N) is 1. The van der Waals surface area contributed by atoms with Gasteiger partial charge >= 0.3 is 0 Å². The van der Waals surface area contributed by atoms with Crippen LogP contribution >= 0.6 is 0 Å². The first kappa shape index (κ1) is 13.3. The summed E-state index contributed by atoms with van der Waals surface area (Å²) in [7, 11) is 0. The van der Waals surface area contributed by atoms with E-state index >= 15 is 0 Å². The molecule has 0 saturated carbocycles. The molecule has 0 amide bonds. The van der Waals surface area contributed by atoms with Crippen LogP contribution in [0.4, 0.5) is 0 Å². The molecule has 1 saturated heterocycles. The molecule has 2 nitrogen and oxygen atoms in total. The standard InChI is InChI=1S/C16H24N2/c1-14(2)8-10-18-11-9-17-13-16(18)12-15-6-4-3-5-7-15/h3-8,16-17H,9-13H2,1-2H3. The molecule has 1 unspecified atom stereocenters. The van der Waals surface area contributed by atoms with Gasteiger partial charge < -0.3 is 5.32 Å².